The molecule has 2 heterocycles. The van der Waals surface area contributed by atoms with Crippen molar-refractivity contribution < 1.29 is 13.2 Å². The van der Waals surface area contributed by atoms with Crippen LogP contribution in [0.4, 0.5) is 0 Å². The molecule has 1 aromatic carbocycles. The Bertz CT molecular complexity index is 1030. The fraction of sp³-hybridized carbons (Fsp3) is 0.500. The van der Waals surface area contributed by atoms with Crippen molar-refractivity contribution in [3.8, 4) is 11.3 Å². The molecule has 2 aromatic rings. The summed E-state index contributed by atoms with van der Waals surface area (Å²) in [7, 11) is -3.47. The first-order chi connectivity index (χ1) is 14.3. The lowest BCUT2D eigenvalue weighted by Gasteiger charge is -2.36. The molecule has 0 saturated carbocycles. The average molecular weight is 469 g/mol. The van der Waals surface area contributed by atoms with E-state index in [9.17, 15) is 13.2 Å². The second kappa shape index (κ2) is 9.69. The molecule has 10 heteroatoms. The number of hydrogen-bond acceptors (Lipinski definition) is 5. The van der Waals surface area contributed by atoms with Gasteiger partial charge < -0.3 is 9.47 Å². The van der Waals surface area contributed by atoms with Gasteiger partial charge in [-0.15, -0.1) is 11.3 Å². The Kier molecular flexibility index (Phi) is 7.46. The maximum Gasteiger partial charge on any atom is 0.282 e. The molecule has 1 fully saturated rings. The summed E-state index contributed by atoms with van der Waals surface area (Å²) < 4.78 is 30.8. The molecular weight excluding hydrogens is 440 g/mol. The number of aromatic nitrogens is 1. The molecule has 0 radical (unpaired) electrons. The van der Waals surface area contributed by atoms with E-state index in [1.807, 2.05) is 55.0 Å². The summed E-state index contributed by atoms with van der Waals surface area (Å²) in [4.78, 5) is 14.7. The zero-order chi connectivity index (χ0) is 21.9. The number of hydrogen-bond donors (Lipinski definition) is 0. The first kappa shape index (κ1) is 23.1. The maximum atomic E-state index is 12.9. The van der Waals surface area contributed by atoms with Crippen molar-refractivity contribution in [2.45, 2.75) is 27.3 Å². The number of aryl methyl sites for hydroxylation is 1. The molecule has 0 bridgehead atoms. The van der Waals surface area contributed by atoms with Crippen LogP contribution in [0.25, 0.3) is 11.3 Å². The van der Waals surface area contributed by atoms with E-state index in [4.69, 9.17) is 12.2 Å². The van der Waals surface area contributed by atoms with E-state index in [2.05, 4.69) is 0 Å². The SMILES string of the molecule is CCN(CC)S(=O)(=O)N1CCN(C(=O)Cn2c(-c3ccc(C)cc3)csc2=S)CC1. The van der Waals surface area contributed by atoms with Crippen LogP contribution in [0, 0.1) is 10.9 Å². The third-order valence-electron chi connectivity index (χ3n) is 5.37. The van der Waals surface area contributed by atoms with Crippen molar-refractivity contribution in [3.05, 3.63) is 39.2 Å². The normalized spacial score (nSPS) is 15.7. The monoisotopic (exact) mass is 468 g/mol. The minimum atomic E-state index is -3.47. The maximum absolute atomic E-state index is 12.9. The van der Waals surface area contributed by atoms with Crippen LogP contribution >= 0.6 is 23.6 Å². The summed E-state index contributed by atoms with van der Waals surface area (Å²) >= 11 is 6.90. The number of thiazole rings is 1. The zero-order valence-electron chi connectivity index (χ0n) is 17.6. The molecule has 1 aromatic heterocycles. The van der Waals surface area contributed by atoms with Crippen LogP contribution in [-0.2, 0) is 21.5 Å². The topological polar surface area (TPSA) is 65.9 Å². The van der Waals surface area contributed by atoms with Crippen LogP contribution in [-0.4, -0.2) is 71.7 Å². The average Bonchev–Trinajstić information content (AvgIpc) is 3.09. The second-order valence-electron chi connectivity index (χ2n) is 7.21. The van der Waals surface area contributed by atoms with Crippen LogP contribution in [0.2, 0.25) is 0 Å². The molecule has 164 valence electrons. The molecule has 3 rings (SSSR count). The van der Waals surface area contributed by atoms with Crippen molar-refractivity contribution >= 4 is 39.7 Å². The number of nitrogens with zero attached hydrogens (tertiary/aromatic N) is 4. The first-order valence-electron chi connectivity index (χ1n) is 10.1. The molecular formula is C20H28N4O3S3. The lowest BCUT2D eigenvalue weighted by atomic mass is 10.1. The highest BCUT2D eigenvalue weighted by Crippen LogP contribution is 2.25. The number of amides is 1. The summed E-state index contributed by atoms with van der Waals surface area (Å²) in [5.74, 6) is -0.0438. The van der Waals surface area contributed by atoms with Gasteiger partial charge in [-0.3, -0.25) is 4.79 Å². The first-order valence-corrected chi connectivity index (χ1v) is 12.7. The predicted octanol–water partition coefficient (Wildman–Crippen LogP) is 2.99. The van der Waals surface area contributed by atoms with Gasteiger partial charge in [-0.2, -0.15) is 17.0 Å². The van der Waals surface area contributed by atoms with E-state index >= 15 is 0 Å². The predicted molar refractivity (Wildman–Crippen MR) is 123 cm³/mol. The van der Waals surface area contributed by atoms with Gasteiger partial charge >= 0.3 is 0 Å². The Morgan fingerprint density at radius 2 is 1.70 bits per heavy atom. The summed E-state index contributed by atoms with van der Waals surface area (Å²) in [6.07, 6.45) is 0. The smallest absolute Gasteiger partial charge is 0.282 e. The van der Waals surface area contributed by atoms with Gasteiger partial charge in [-0.25, -0.2) is 0 Å². The summed E-state index contributed by atoms with van der Waals surface area (Å²) in [5, 5.41) is 1.98. The van der Waals surface area contributed by atoms with Gasteiger partial charge in [0.15, 0.2) is 3.95 Å². The van der Waals surface area contributed by atoms with Crippen molar-refractivity contribution in [1.82, 2.24) is 18.1 Å². The lowest BCUT2D eigenvalue weighted by Crippen LogP contribution is -2.54. The minimum Gasteiger partial charge on any atom is -0.338 e. The van der Waals surface area contributed by atoms with E-state index in [-0.39, 0.29) is 12.5 Å². The highest BCUT2D eigenvalue weighted by molar-refractivity contribution is 7.86. The molecule has 1 saturated heterocycles. The molecule has 7 nitrogen and oxygen atoms in total. The molecule has 0 N–H and O–H groups in total. The standard InChI is InChI=1S/C20H28N4O3S3/c1-4-22(5-2)30(26,27)23-12-10-21(11-13-23)19(25)14-24-18(15-29-20(24)28)17-8-6-16(3)7-9-17/h6-9,15H,4-5,10-14H2,1-3H3. The van der Waals surface area contributed by atoms with Crippen LogP contribution in [0.1, 0.15) is 19.4 Å². The molecule has 0 aliphatic carbocycles. The third-order valence-corrected chi connectivity index (χ3v) is 8.83. The van der Waals surface area contributed by atoms with Crippen LogP contribution in [0.3, 0.4) is 0 Å². The van der Waals surface area contributed by atoms with Crippen molar-refractivity contribution in [2.24, 2.45) is 0 Å². The van der Waals surface area contributed by atoms with Crippen molar-refractivity contribution in [3.63, 3.8) is 0 Å². The molecule has 1 aliphatic rings. The zero-order valence-corrected chi connectivity index (χ0v) is 20.0. The fourth-order valence-electron chi connectivity index (χ4n) is 3.55. The Labute approximate surface area is 187 Å². The van der Waals surface area contributed by atoms with Gasteiger partial charge in [0.25, 0.3) is 10.2 Å². The number of carbonyl (C=O) groups excluding carboxylic acids is 1. The summed E-state index contributed by atoms with van der Waals surface area (Å²) in [6.45, 7) is 8.13. The van der Waals surface area contributed by atoms with E-state index in [0.717, 1.165) is 11.3 Å². The number of carbonyl (C=O) groups is 1. The Balaban J connectivity index is 1.68. The van der Waals surface area contributed by atoms with Crippen molar-refractivity contribution in [2.75, 3.05) is 39.3 Å². The minimum absolute atomic E-state index is 0.0438. The van der Waals surface area contributed by atoms with Crippen molar-refractivity contribution in [1.29, 1.82) is 0 Å². The van der Waals surface area contributed by atoms with Gasteiger partial charge in [0.1, 0.15) is 6.54 Å². The fourth-order valence-corrected chi connectivity index (χ4v) is 6.22. The number of rotatable bonds is 7. The highest BCUT2D eigenvalue weighted by Gasteiger charge is 2.32. The number of benzene rings is 1. The second-order valence-corrected chi connectivity index (χ2v) is 10.6. The molecule has 30 heavy (non-hydrogen) atoms. The van der Waals surface area contributed by atoms with Crippen LogP contribution in [0.5, 0.6) is 0 Å². The number of piperazine rings is 1. The van der Waals surface area contributed by atoms with Gasteiger partial charge in [0.05, 0.1) is 5.69 Å². The Hall–Kier alpha value is -1.59. The van der Waals surface area contributed by atoms with Crippen LogP contribution in [0.15, 0.2) is 29.6 Å². The molecule has 0 spiro atoms. The summed E-state index contributed by atoms with van der Waals surface area (Å²) in [6, 6.07) is 8.14. The van der Waals surface area contributed by atoms with E-state index in [1.54, 1.807) is 4.90 Å². The Morgan fingerprint density at radius 1 is 1.10 bits per heavy atom. The Morgan fingerprint density at radius 3 is 2.27 bits per heavy atom. The molecule has 1 amide bonds. The lowest BCUT2D eigenvalue weighted by molar-refractivity contribution is -0.133. The van der Waals surface area contributed by atoms with Gasteiger partial charge in [-0.05, 0) is 24.7 Å². The molecule has 0 unspecified atom stereocenters. The largest absolute Gasteiger partial charge is 0.338 e. The van der Waals surface area contributed by atoms with E-state index in [1.165, 1.54) is 25.5 Å². The quantitative estimate of drug-likeness (QED) is 0.586. The molecule has 1 aliphatic heterocycles. The van der Waals surface area contributed by atoms with E-state index < -0.39 is 10.2 Å². The van der Waals surface area contributed by atoms with Gasteiger partial charge in [-0.1, -0.05) is 43.7 Å². The summed E-state index contributed by atoms with van der Waals surface area (Å²) in [5.41, 5.74) is 3.13. The van der Waals surface area contributed by atoms with Crippen LogP contribution < -0.4 is 0 Å². The molecule has 0 atom stereocenters. The highest BCUT2D eigenvalue weighted by atomic mass is 32.2. The van der Waals surface area contributed by atoms with Gasteiger partial charge in [0.2, 0.25) is 5.91 Å². The van der Waals surface area contributed by atoms with Gasteiger partial charge in [0, 0.05) is 44.6 Å². The third kappa shape index (κ3) is 4.83. The van der Waals surface area contributed by atoms with E-state index in [0.29, 0.717) is 43.2 Å².